The second-order valence-electron chi connectivity index (χ2n) is 26.1. The molecule has 6 aliphatic heterocycles. The average Bonchev–Trinajstić information content (AvgIpc) is 1.57. The van der Waals surface area contributed by atoms with Gasteiger partial charge in [0.05, 0.1) is 50.6 Å². The van der Waals surface area contributed by atoms with Crippen molar-refractivity contribution in [2.45, 2.75) is 191 Å². The van der Waals surface area contributed by atoms with Crippen molar-refractivity contribution in [2.75, 3.05) is 66.4 Å². The van der Waals surface area contributed by atoms with Crippen LogP contribution in [0.4, 0.5) is 21.0 Å². The molecule has 0 radical (unpaired) electrons. The quantitative estimate of drug-likeness (QED) is 0.105. The number of nitrogens with zero attached hydrogens (tertiary/aromatic N) is 4. The highest BCUT2D eigenvalue weighted by Crippen LogP contribution is 2.51. The van der Waals surface area contributed by atoms with Gasteiger partial charge in [-0.15, -0.1) is 0 Å². The van der Waals surface area contributed by atoms with Crippen molar-refractivity contribution in [3.63, 3.8) is 0 Å². The third-order valence-corrected chi connectivity index (χ3v) is 20.0. The van der Waals surface area contributed by atoms with Gasteiger partial charge in [-0.2, -0.15) is 0 Å². The fourth-order valence-electron chi connectivity index (χ4n) is 12.5. The number of allylic oxidation sites excluding steroid dienone is 6. The van der Waals surface area contributed by atoms with Gasteiger partial charge < -0.3 is 77.2 Å². The second kappa shape index (κ2) is 30.6. The normalized spacial score (nSPS) is 33.2. The van der Waals surface area contributed by atoms with Gasteiger partial charge in [-0.05, 0) is 89.8 Å². The molecule has 0 aliphatic carbocycles. The zero-order chi connectivity index (χ0) is 71.4. The van der Waals surface area contributed by atoms with Gasteiger partial charge in [0.15, 0.2) is 11.4 Å². The molecule has 16 atom stereocenters. The molecule has 0 aromatic heterocycles. The van der Waals surface area contributed by atoms with Crippen LogP contribution in [-0.4, -0.2) is 208 Å². The van der Waals surface area contributed by atoms with E-state index in [0.29, 0.717) is 35.7 Å². The number of amides is 6. The number of methoxy groups -OCH3 is 4. The summed E-state index contributed by atoms with van der Waals surface area (Å²) < 4.78 is 57.8. The number of likely N-dealkylation sites (N-methyl/N-ethyl adjacent to an activating group) is 2. The first kappa shape index (κ1) is 76.1. The molecule has 2 aromatic carbocycles. The fourth-order valence-corrected chi connectivity index (χ4v) is 13.2. The van der Waals surface area contributed by atoms with Gasteiger partial charge in [0.1, 0.15) is 81.5 Å². The number of anilines is 2. The molecule has 6 heterocycles. The summed E-state index contributed by atoms with van der Waals surface area (Å²) >= 11 is 13.4. The first-order valence-corrected chi connectivity index (χ1v) is 32.3. The zero-order valence-electron chi connectivity index (χ0n) is 57.7. The van der Waals surface area contributed by atoms with E-state index in [1.54, 1.807) is 90.4 Å². The minimum atomic E-state index is -1.81. The topological polar surface area (TPSA) is 313 Å². The Balaban J connectivity index is 0.000000271. The molecule has 8 bridgehead atoms. The monoisotopic (exact) mass is 1380 g/mol. The molecule has 8 rings (SSSR count). The smallest absolute Gasteiger partial charge is 0.409 e. The Kier molecular flexibility index (Phi) is 24.3. The summed E-state index contributed by atoms with van der Waals surface area (Å²) in [5, 5.41) is 28.8. The lowest BCUT2D eigenvalue weighted by molar-refractivity contribution is -0.162. The maximum atomic E-state index is 14.0. The molecule has 6 amide bonds. The highest BCUT2D eigenvalue weighted by molar-refractivity contribution is 6.35. The largest absolute Gasteiger partial charge is 0.495 e. The molecule has 0 saturated carbocycles. The third kappa shape index (κ3) is 16.8. The molecule has 28 heteroatoms. The summed E-state index contributed by atoms with van der Waals surface area (Å²) in [5.74, 6) is -3.27. The van der Waals surface area contributed by atoms with Gasteiger partial charge in [-0.1, -0.05) is 84.7 Å². The lowest BCUT2D eigenvalue weighted by Crippen LogP contribution is -2.63. The number of hydrogen-bond acceptors (Lipinski definition) is 20. The van der Waals surface area contributed by atoms with Crippen molar-refractivity contribution in [2.24, 2.45) is 11.8 Å². The van der Waals surface area contributed by atoms with Crippen LogP contribution in [0.2, 0.25) is 10.0 Å². The first-order chi connectivity index (χ1) is 44.9. The third-order valence-electron chi connectivity index (χ3n) is 19.3. The van der Waals surface area contributed by atoms with E-state index in [4.69, 9.17) is 70.6 Å². The second-order valence-corrected chi connectivity index (χ2v) is 26.8. The number of rotatable bonds is 10. The van der Waals surface area contributed by atoms with E-state index in [0.717, 1.165) is 22.3 Å². The lowest BCUT2D eigenvalue weighted by atomic mass is 9.83. The Labute approximate surface area is 570 Å². The summed E-state index contributed by atoms with van der Waals surface area (Å²) in [6, 6.07) is 5.26. The summed E-state index contributed by atoms with van der Waals surface area (Å²) in [5.41, 5.74) is -1.74. The van der Waals surface area contributed by atoms with Crippen LogP contribution < -0.4 is 29.9 Å². The van der Waals surface area contributed by atoms with Crippen molar-refractivity contribution in [3.05, 3.63) is 93.0 Å². The van der Waals surface area contributed by atoms with Crippen LogP contribution in [0.5, 0.6) is 11.5 Å². The molecule has 6 aliphatic rings. The van der Waals surface area contributed by atoms with E-state index >= 15 is 0 Å². The fraction of sp³-hybridized carbons (Fsp3) is 0.588. The van der Waals surface area contributed by atoms with Crippen LogP contribution in [0, 0.1) is 11.8 Å². The number of fused-ring (bicyclic) bond motifs is 10. The van der Waals surface area contributed by atoms with Crippen molar-refractivity contribution in [3.8, 4) is 11.5 Å². The van der Waals surface area contributed by atoms with Gasteiger partial charge in [0.25, 0.3) is 0 Å². The number of esters is 2. The van der Waals surface area contributed by atoms with Crippen molar-refractivity contribution in [1.29, 1.82) is 0 Å². The number of halogens is 2. The molecule has 26 nitrogen and oxygen atoms in total. The van der Waals surface area contributed by atoms with Crippen molar-refractivity contribution >= 4 is 82.3 Å². The van der Waals surface area contributed by atoms with Gasteiger partial charge in [0, 0.05) is 80.9 Å². The Morgan fingerprint density at radius 2 is 0.969 bits per heavy atom. The maximum absolute atomic E-state index is 14.0. The van der Waals surface area contributed by atoms with Crippen LogP contribution in [0.3, 0.4) is 0 Å². The Morgan fingerprint density at radius 3 is 1.28 bits per heavy atom. The molecule has 4 fully saturated rings. The van der Waals surface area contributed by atoms with Crippen LogP contribution in [0.15, 0.2) is 71.9 Å². The molecule has 4 N–H and O–H groups in total. The molecule has 2 unspecified atom stereocenters. The van der Waals surface area contributed by atoms with Crippen LogP contribution >= 0.6 is 23.2 Å². The predicted molar refractivity (Wildman–Crippen MR) is 353 cm³/mol. The average molecular weight is 1380 g/mol. The molecule has 528 valence electrons. The van der Waals surface area contributed by atoms with E-state index in [9.17, 15) is 48.6 Å². The van der Waals surface area contributed by atoms with E-state index in [2.05, 4.69) is 10.6 Å². The van der Waals surface area contributed by atoms with Crippen molar-refractivity contribution in [1.82, 2.24) is 20.4 Å². The zero-order valence-corrected chi connectivity index (χ0v) is 59.2. The Bertz CT molecular complexity index is 3220. The lowest BCUT2D eigenvalue weighted by Gasteiger charge is -2.42. The number of benzene rings is 2. The number of alkyl carbamates (subject to hydrolysis) is 2. The van der Waals surface area contributed by atoms with E-state index < -0.39 is 131 Å². The van der Waals surface area contributed by atoms with Crippen LogP contribution in [-0.2, 0) is 79.5 Å². The molecule has 2 aromatic rings. The van der Waals surface area contributed by atoms with Crippen LogP contribution in [0.1, 0.15) is 106 Å². The number of ether oxygens (including phenoxy) is 10. The summed E-state index contributed by atoms with van der Waals surface area (Å²) in [6.45, 7) is 16.6. The number of epoxide rings is 2. The number of aliphatic hydroxyl groups is 2. The summed E-state index contributed by atoms with van der Waals surface area (Å²) in [7, 11) is 11.9. The Morgan fingerprint density at radius 1 is 0.625 bits per heavy atom. The molecular weight excluding hydrogens is 1290 g/mol. The number of carbonyl (C=O) groups is 8. The molecule has 0 spiro atoms. The number of nitrogens with one attached hydrogen (secondary N) is 2. The Hall–Kier alpha value is -7.30. The first-order valence-electron chi connectivity index (χ1n) is 31.6. The van der Waals surface area contributed by atoms with Gasteiger partial charge in [-0.25, -0.2) is 19.2 Å². The SMILES string of the molecule is COc1cc2cc(c1Cl)N(C)C(=O)C[C@H](OC(=O)[C@H](C)N(C)C(C)=O)[C@]1(C)O[C@H]1[C@H](C)[C@@H]1C[C@@](O)(NC(=O)O1)C(OC)/C=C/C=C(\C)C2.COc1cc2cc(c1Cl)N(C)C(=O)C[C@H](OC(=O)[C@H](C)N(C)C(C)=O)[C@]1(C)O[C@H]1[C@H](C)[C@@H]1C[C@@](O)(NC(=O)O1)C(OC)/C=C/C=C(\C)C2. The maximum Gasteiger partial charge on any atom is 0.409 e. The summed E-state index contributed by atoms with van der Waals surface area (Å²) in [6.07, 6.45) is 2.03. The highest BCUT2D eigenvalue weighted by atomic mass is 35.5. The molecule has 4 saturated heterocycles. The van der Waals surface area contributed by atoms with E-state index in [1.807, 2.05) is 26.0 Å². The predicted octanol–water partition coefficient (Wildman–Crippen LogP) is 7.07. The van der Waals surface area contributed by atoms with Gasteiger partial charge >= 0.3 is 24.1 Å². The van der Waals surface area contributed by atoms with Gasteiger partial charge in [0.2, 0.25) is 23.6 Å². The van der Waals surface area contributed by atoms with E-state index in [-0.39, 0.29) is 47.5 Å². The summed E-state index contributed by atoms with van der Waals surface area (Å²) in [4.78, 5) is 109. The minimum Gasteiger partial charge on any atom is -0.495 e. The minimum absolute atomic E-state index is 0.0436. The molecule has 96 heavy (non-hydrogen) atoms. The standard InChI is InChI=1S/2C34H46ClN3O10/c2*1-18-11-10-12-26(45-9)34(43)17-25(46-32(42)36-34)19(2)30-33(5,48-30)27(47-31(41)20(3)37(6)21(4)39)16-28(40)38(7)23-14-22(13-18)15-24(44-8)29(23)35/h2*10-12,14-15,19-20,25-27,30,43H,13,16-17H2,1-9H3,(H,36,42)/b2*12-10+,18-11+/t2*19-,20+,25+,26?,27+,30+,33+,34+/m11/s1. The van der Waals surface area contributed by atoms with Crippen molar-refractivity contribution < 1.29 is 95.9 Å². The number of hydrogen-bond donors (Lipinski definition) is 4. The highest BCUT2D eigenvalue weighted by Gasteiger charge is 2.66. The molecular formula is C68H92Cl2N6O20. The van der Waals surface area contributed by atoms with Gasteiger partial charge in [-0.3, -0.25) is 29.8 Å². The number of carbonyl (C=O) groups excluding carboxylic acids is 8. The van der Waals surface area contributed by atoms with Crippen LogP contribution in [0.25, 0.3) is 0 Å². The van der Waals surface area contributed by atoms with E-state index in [1.165, 1.54) is 89.8 Å².